The van der Waals surface area contributed by atoms with E-state index in [1.54, 1.807) is 60.7 Å². The second kappa shape index (κ2) is 21.6. The van der Waals surface area contributed by atoms with Crippen LogP contribution >= 0.6 is 0 Å². The van der Waals surface area contributed by atoms with E-state index >= 15 is 0 Å². The molecule has 2 N–H and O–H groups in total. The van der Waals surface area contributed by atoms with Gasteiger partial charge in [0.05, 0.1) is 39.6 Å². The molecule has 0 aromatic heterocycles. The fraction of sp³-hybridized carbons (Fsp3) is 0.395. The monoisotopic (exact) mass is 900 g/mol. The van der Waals surface area contributed by atoms with Gasteiger partial charge in [-0.3, -0.25) is 9.11 Å². The molecule has 0 bridgehead atoms. The van der Waals surface area contributed by atoms with Crippen molar-refractivity contribution < 1.29 is 76.9 Å². The molecule has 3 heterocycles. The summed E-state index contributed by atoms with van der Waals surface area (Å²) >= 11 is 0. The van der Waals surface area contributed by atoms with Crippen molar-refractivity contribution in [3.63, 3.8) is 0 Å². The topological polar surface area (TPSA) is 210 Å². The quantitative estimate of drug-likeness (QED) is 0.0892. The van der Waals surface area contributed by atoms with Crippen LogP contribution in [0.25, 0.3) is 0 Å². The maximum Gasteiger partial charge on any atom is 0.397 e. The Morgan fingerprint density at radius 2 is 1.11 bits per heavy atom. The van der Waals surface area contributed by atoms with Crippen LogP contribution in [0.4, 0.5) is 0 Å². The van der Waals surface area contributed by atoms with Crippen molar-refractivity contribution in [3.05, 3.63) is 156 Å². The van der Waals surface area contributed by atoms with Gasteiger partial charge in [0.15, 0.2) is 18.9 Å². The Hall–Kier alpha value is -4.00. The molecule has 19 heteroatoms. The van der Waals surface area contributed by atoms with Crippen LogP contribution in [-0.2, 0) is 91.6 Å². The molecule has 3 fully saturated rings. The maximum absolute atomic E-state index is 12.7. The Labute approximate surface area is 360 Å². The van der Waals surface area contributed by atoms with Crippen LogP contribution in [0.2, 0.25) is 0 Å². The number of hydrogen-bond acceptors (Lipinski definition) is 15. The van der Waals surface area contributed by atoms with Gasteiger partial charge in [-0.25, -0.2) is 8.37 Å². The number of benzene rings is 4. The molecule has 0 aliphatic carbocycles. The van der Waals surface area contributed by atoms with Crippen LogP contribution in [-0.4, -0.2) is 107 Å². The number of rotatable bonds is 20. The zero-order valence-electron chi connectivity index (χ0n) is 33.3. The minimum atomic E-state index is -5.30. The molecule has 4 aromatic carbocycles. The van der Waals surface area contributed by atoms with Crippen LogP contribution in [0.5, 0.6) is 0 Å². The smallest absolute Gasteiger partial charge is 0.368 e. The van der Waals surface area contributed by atoms with Gasteiger partial charge < -0.3 is 42.6 Å². The van der Waals surface area contributed by atoms with Crippen molar-refractivity contribution in [3.8, 4) is 0 Å². The summed E-state index contributed by atoms with van der Waals surface area (Å²) in [6.45, 7) is 2.62. The predicted octanol–water partition coefficient (Wildman–Crippen LogP) is 4.90. The first-order chi connectivity index (χ1) is 29.9. The van der Waals surface area contributed by atoms with Crippen molar-refractivity contribution in [1.29, 1.82) is 0 Å². The first-order valence-electron chi connectivity index (χ1n) is 19.7. The van der Waals surface area contributed by atoms with Crippen molar-refractivity contribution >= 4 is 20.8 Å². The highest BCUT2D eigenvalue weighted by Crippen LogP contribution is 2.40. The Kier molecular flexibility index (Phi) is 16.0. The Morgan fingerprint density at radius 3 is 1.63 bits per heavy atom. The van der Waals surface area contributed by atoms with Gasteiger partial charge in [-0.05, 0) is 16.7 Å². The minimum Gasteiger partial charge on any atom is -0.368 e. The second-order valence-corrected chi connectivity index (χ2v) is 16.6. The van der Waals surface area contributed by atoms with Crippen molar-refractivity contribution in [2.24, 2.45) is 0 Å². The first-order valence-corrected chi connectivity index (χ1v) is 22.4. The van der Waals surface area contributed by atoms with Gasteiger partial charge in [0.1, 0.15) is 48.8 Å². The van der Waals surface area contributed by atoms with Crippen LogP contribution in [0.3, 0.4) is 0 Å². The maximum atomic E-state index is 12.7. The normalized spacial score (nSPS) is 29.1. The zero-order valence-corrected chi connectivity index (χ0v) is 34.9. The van der Waals surface area contributed by atoms with E-state index in [2.05, 4.69) is 6.58 Å². The molecule has 17 nitrogen and oxygen atoms in total. The molecule has 4 aromatic rings. The number of fused-ring (bicyclic) bond motifs is 1. The summed E-state index contributed by atoms with van der Waals surface area (Å²) in [4.78, 5) is 0. The standard InChI is InChI=1S/C43H48O17S2/c1-2-23-50-42-39(52-25-30-17-9-4-10-18-30)37(36-33(56-42)27-54-41(58-36)32-21-13-6-14-22-32)59-43-40(53-26-31-19-11-5-12-20-31)38(60-62(47,48)49)35(34(57-43)28-55-61(44,45)46)51-24-29-15-7-3-8-16-29/h2-22,33-43H,1,23-28H2,(H,44,45,46)(H,47,48,49)/t33-,34-,35+,36+,37+,38+,39-,40-,41?,42-,43-/m1/s1. The van der Waals surface area contributed by atoms with Crippen molar-refractivity contribution in [2.45, 2.75) is 87.5 Å². The summed E-state index contributed by atoms with van der Waals surface area (Å²) in [6.07, 6.45) is -12.8. The lowest BCUT2D eigenvalue weighted by Crippen LogP contribution is -2.67. The molecule has 334 valence electrons. The van der Waals surface area contributed by atoms with Crippen LogP contribution < -0.4 is 0 Å². The summed E-state index contributed by atoms with van der Waals surface area (Å²) < 4.78 is 137. The molecule has 3 saturated heterocycles. The molecule has 0 amide bonds. The van der Waals surface area contributed by atoms with Crippen molar-refractivity contribution in [1.82, 2.24) is 0 Å². The third-order valence-electron chi connectivity index (χ3n) is 10.1. The van der Waals surface area contributed by atoms with Gasteiger partial charge >= 0.3 is 20.8 Å². The Balaban J connectivity index is 1.30. The molecule has 3 aliphatic rings. The fourth-order valence-corrected chi connectivity index (χ4v) is 8.12. The van der Waals surface area contributed by atoms with Gasteiger partial charge in [-0.1, -0.05) is 127 Å². The lowest BCUT2D eigenvalue weighted by Gasteiger charge is -2.51. The van der Waals surface area contributed by atoms with Crippen LogP contribution in [0.1, 0.15) is 28.5 Å². The van der Waals surface area contributed by atoms with Gasteiger partial charge in [0, 0.05) is 5.56 Å². The second-order valence-electron chi connectivity index (χ2n) is 14.5. The summed E-state index contributed by atoms with van der Waals surface area (Å²) in [6, 6.07) is 36.1. The molecule has 3 aliphatic heterocycles. The van der Waals surface area contributed by atoms with Gasteiger partial charge in [-0.2, -0.15) is 16.8 Å². The number of hydrogen-bond donors (Lipinski definition) is 2. The average molecular weight is 901 g/mol. The van der Waals surface area contributed by atoms with E-state index in [0.717, 1.165) is 5.56 Å². The van der Waals surface area contributed by atoms with Gasteiger partial charge in [-0.15, -0.1) is 6.58 Å². The highest BCUT2D eigenvalue weighted by Gasteiger charge is 2.57. The Morgan fingerprint density at radius 1 is 0.597 bits per heavy atom. The van der Waals surface area contributed by atoms with Crippen molar-refractivity contribution in [2.75, 3.05) is 19.8 Å². The average Bonchev–Trinajstić information content (AvgIpc) is 3.27. The summed E-state index contributed by atoms with van der Waals surface area (Å²) in [5, 5.41) is 0. The van der Waals surface area contributed by atoms with E-state index in [9.17, 15) is 25.9 Å². The van der Waals surface area contributed by atoms with Gasteiger partial charge in [0.25, 0.3) is 0 Å². The third-order valence-corrected chi connectivity index (χ3v) is 11.0. The molecule has 0 spiro atoms. The van der Waals surface area contributed by atoms with E-state index in [1.807, 2.05) is 60.7 Å². The Bertz CT molecular complexity index is 2200. The summed E-state index contributed by atoms with van der Waals surface area (Å²) in [5.41, 5.74) is 2.78. The highest BCUT2D eigenvalue weighted by molar-refractivity contribution is 7.81. The van der Waals surface area contributed by atoms with E-state index in [1.165, 1.54) is 6.08 Å². The predicted molar refractivity (Wildman–Crippen MR) is 217 cm³/mol. The van der Waals surface area contributed by atoms with Crippen LogP contribution in [0, 0.1) is 0 Å². The minimum absolute atomic E-state index is 0.0115. The number of ether oxygens (including phenoxy) is 9. The molecule has 11 atom stereocenters. The van der Waals surface area contributed by atoms with Gasteiger partial charge in [0.2, 0.25) is 0 Å². The largest absolute Gasteiger partial charge is 0.397 e. The molecule has 1 unspecified atom stereocenters. The highest BCUT2D eigenvalue weighted by atomic mass is 32.3. The fourth-order valence-electron chi connectivity index (χ4n) is 7.31. The zero-order chi connectivity index (χ0) is 43.5. The van der Waals surface area contributed by atoms with E-state index < -0.39 is 95.1 Å². The molecule has 7 rings (SSSR count). The van der Waals surface area contributed by atoms with E-state index in [4.69, 9.17) is 51.0 Å². The van der Waals surface area contributed by atoms with E-state index in [0.29, 0.717) is 16.7 Å². The molecule has 0 saturated carbocycles. The molecular formula is C43H48O17S2. The molecule has 0 radical (unpaired) electrons. The summed E-state index contributed by atoms with van der Waals surface area (Å²) in [7, 11) is -10.4. The summed E-state index contributed by atoms with van der Waals surface area (Å²) in [5.74, 6) is 0. The first kappa shape index (κ1) is 46.0. The lowest BCUT2D eigenvalue weighted by molar-refractivity contribution is -0.398. The molecule has 62 heavy (non-hydrogen) atoms. The van der Waals surface area contributed by atoms with Crippen LogP contribution in [0.15, 0.2) is 134 Å². The third kappa shape index (κ3) is 12.8. The van der Waals surface area contributed by atoms with E-state index in [-0.39, 0.29) is 33.0 Å². The molecular weight excluding hydrogens is 853 g/mol. The lowest BCUT2D eigenvalue weighted by atomic mass is 9.95. The SMILES string of the molecule is C=CCO[C@@H]1O[C@@H]2COC(c3ccccc3)O[C@@H]2[C@H](O[C@H]2O[C@H](COS(=O)(=O)O)[C@H](OCc3ccccc3)[C@H](OS(=O)(=O)O)[C@H]2OCc2ccccc2)[C@H]1OCc1ccccc1.